The molecular weight excluding hydrogens is 302 g/mol. The molecule has 2 aromatic rings. The van der Waals surface area contributed by atoms with E-state index in [2.05, 4.69) is 22.1 Å². The van der Waals surface area contributed by atoms with E-state index in [1.807, 2.05) is 19.1 Å². The summed E-state index contributed by atoms with van der Waals surface area (Å²) in [7, 11) is -3.90. The summed E-state index contributed by atoms with van der Waals surface area (Å²) in [6.45, 7) is 5.55. The molecule has 22 heavy (non-hydrogen) atoms. The quantitative estimate of drug-likeness (QED) is 0.499. The van der Waals surface area contributed by atoms with Gasteiger partial charge in [0.2, 0.25) is 0 Å². The fourth-order valence-corrected chi connectivity index (χ4v) is 3.34. The summed E-state index contributed by atoms with van der Waals surface area (Å²) in [5, 5.41) is 9.06. The van der Waals surface area contributed by atoms with Crippen LogP contribution in [0.15, 0.2) is 18.2 Å². The van der Waals surface area contributed by atoms with Crippen molar-refractivity contribution in [3.63, 3.8) is 0 Å². The van der Waals surface area contributed by atoms with Gasteiger partial charge in [-0.2, -0.15) is 13.7 Å². The lowest BCUT2D eigenvalue weighted by Gasteiger charge is -2.01. The third-order valence-corrected chi connectivity index (χ3v) is 4.62. The number of nitriles is 1. The number of rotatable bonds is 6. The van der Waals surface area contributed by atoms with E-state index in [0.717, 1.165) is 23.4 Å². The smallest absolute Gasteiger partial charge is 0.264 e. The third-order valence-electron chi connectivity index (χ3n) is 3.82. The van der Waals surface area contributed by atoms with Gasteiger partial charge in [-0.15, -0.1) is 0 Å². The monoisotopic (exact) mass is 322 g/mol. The largest absolute Gasteiger partial charge is 0.286 e. The minimum absolute atomic E-state index is 0.220. The first-order valence-corrected chi connectivity index (χ1v) is 8.86. The summed E-state index contributed by atoms with van der Waals surface area (Å²) in [4.78, 5) is 0. The number of nitrogens with zero attached hydrogens (tertiary/aromatic N) is 3. The second-order valence-corrected chi connectivity index (χ2v) is 6.82. The summed E-state index contributed by atoms with van der Waals surface area (Å²) >= 11 is 0. The van der Waals surface area contributed by atoms with Crippen molar-refractivity contribution in [2.75, 3.05) is 5.75 Å². The lowest BCUT2D eigenvalue weighted by atomic mass is 10.2. The number of imidazole rings is 1. The average Bonchev–Trinajstić information content (AvgIpc) is 2.73. The molecule has 2 rings (SSSR count). The van der Waals surface area contributed by atoms with Crippen LogP contribution in [0.3, 0.4) is 0 Å². The molecule has 1 heterocycles. The SMILES string of the molecule is CC[n+]1c(C)n(CCCCS(=O)(=O)O)c2cc(C#N)ccc21. The van der Waals surface area contributed by atoms with Gasteiger partial charge in [0.25, 0.3) is 15.9 Å². The lowest BCUT2D eigenvalue weighted by Crippen LogP contribution is -2.35. The zero-order valence-electron chi connectivity index (χ0n) is 12.8. The molecule has 6 nitrogen and oxygen atoms in total. The highest BCUT2D eigenvalue weighted by molar-refractivity contribution is 7.85. The molecule has 118 valence electrons. The van der Waals surface area contributed by atoms with Crippen LogP contribution in [0.5, 0.6) is 0 Å². The minimum atomic E-state index is -3.90. The van der Waals surface area contributed by atoms with E-state index in [4.69, 9.17) is 9.81 Å². The molecule has 0 radical (unpaired) electrons. The van der Waals surface area contributed by atoms with Crippen LogP contribution in [0.1, 0.15) is 31.2 Å². The summed E-state index contributed by atoms with van der Waals surface area (Å²) in [6, 6.07) is 7.75. The van der Waals surface area contributed by atoms with Crippen molar-refractivity contribution < 1.29 is 17.5 Å². The summed E-state index contributed by atoms with van der Waals surface area (Å²) < 4.78 is 34.6. The summed E-state index contributed by atoms with van der Waals surface area (Å²) in [6.07, 6.45) is 1.05. The van der Waals surface area contributed by atoms with Crippen LogP contribution >= 0.6 is 0 Å². The van der Waals surface area contributed by atoms with Gasteiger partial charge in [0.15, 0.2) is 11.0 Å². The van der Waals surface area contributed by atoms with Gasteiger partial charge < -0.3 is 0 Å². The molecule has 0 amide bonds. The first-order chi connectivity index (χ1) is 10.4. The molecule has 7 heteroatoms. The first-order valence-electron chi connectivity index (χ1n) is 7.25. The fourth-order valence-electron chi connectivity index (χ4n) is 2.77. The van der Waals surface area contributed by atoms with Crippen LogP contribution in [-0.2, 0) is 23.2 Å². The molecule has 1 aromatic heterocycles. The molecule has 0 saturated carbocycles. The third kappa shape index (κ3) is 3.46. The molecule has 0 fully saturated rings. The van der Waals surface area contributed by atoms with Crippen LogP contribution in [0.2, 0.25) is 0 Å². The summed E-state index contributed by atoms with van der Waals surface area (Å²) in [5.74, 6) is 0.849. The molecule has 0 spiro atoms. The van der Waals surface area contributed by atoms with Crippen LogP contribution in [0, 0.1) is 18.3 Å². The molecule has 0 aliphatic carbocycles. The molecular formula is C15H20N3O3S+. The topological polar surface area (TPSA) is 87.0 Å². The number of hydrogen-bond acceptors (Lipinski definition) is 3. The molecule has 0 bridgehead atoms. The number of benzene rings is 1. The fraction of sp³-hybridized carbons (Fsp3) is 0.467. The summed E-state index contributed by atoms with van der Waals surface area (Å²) in [5.41, 5.74) is 2.64. The maximum Gasteiger partial charge on any atom is 0.264 e. The van der Waals surface area contributed by atoms with Crippen LogP contribution in [0.25, 0.3) is 11.0 Å². The predicted octanol–water partition coefficient (Wildman–Crippen LogP) is 1.80. The second kappa shape index (κ2) is 6.46. The predicted molar refractivity (Wildman–Crippen MR) is 82.9 cm³/mol. The Kier molecular flexibility index (Phi) is 4.84. The zero-order chi connectivity index (χ0) is 16.3. The maximum atomic E-state index is 10.8. The number of hydrogen-bond donors (Lipinski definition) is 1. The Morgan fingerprint density at radius 2 is 2.09 bits per heavy atom. The van der Waals surface area contributed by atoms with Crippen molar-refractivity contribution in [2.24, 2.45) is 0 Å². The molecule has 0 aliphatic heterocycles. The van der Waals surface area contributed by atoms with E-state index in [0.29, 0.717) is 24.9 Å². The molecule has 1 aromatic carbocycles. The lowest BCUT2D eigenvalue weighted by molar-refractivity contribution is -0.675. The van der Waals surface area contributed by atoms with E-state index in [1.165, 1.54) is 0 Å². The van der Waals surface area contributed by atoms with Crippen LogP contribution < -0.4 is 4.57 Å². The number of aryl methyl sites for hydroxylation is 2. The van der Waals surface area contributed by atoms with E-state index >= 15 is 0 Å². The van der Waals surface area contributed by atoms with Gasteiger partial charge in [0.05, 0.1) is 30.5 Å². The Balaban J connectivity index is 2.31. The van der Waals surface area contributed by atoms with Crippen molar-refractivity contribution in [3.8, 4) is 6.07 Å². The van der Waals surface area contributed by atoms with Crippen molar-refractivity contribution >= 4 is 21.2 Å². The molecule has 0 saturated heterocycles. The van der Waals surface area contributed by atoms with Crippen molar-refractivity contribution in [3.05, 3.63) is 29.6 Å². The minimum Gasteiger partial charge on any atom is -0.286 e. The molecule has 0 atom stereocenters. The van der Waals surface area contributed by atoms with Gasteiger partial charge in [0.1, 0.15) is 0 Å². The molecule has 0 aliphatic rings. The standard InChI is InChI=1S/C15H19N3O3S/c1-3-17-12(2)18(8-4-5-9-22(19,20)21)15-10-13(11-16)6-7-14(15)17/h6-7,10H,3-5,8-9H2,1-2H3/p+1. The Morgan fingerprint density at radius 1 is 1.36 bits per heavy atom. The Bertz CT molecular complexity index is 832. The van der Waals surface area contributed by atoms with E-state index in [1.54, 1.807) is 6.07 Å². The van der Waals surface area contributed by atoms with Gasteiger partial charge in [0, 0.05) is 13.0 Å². The van der Waals surface area contributed by atoms with Crippen LogP contribution in [0.4, 0.5) is 0 Å². The normalized spacial score (nSPS) is 11.7. The average molecular weight is 322 g/mol. The number of aromatic nitrogens is 2. The van der Waals surface area contributed by atoms with Gasteiger partial charge in [-0.3, -0.25) is 4.55 Å². The van der Waals surface area contributed by atoms with Crippen molar-refractivity contribution in [1.82, 2.24) is 4.57 Å². The zero-order valence-corrected chi connectivity index (χ0v) is 13.6. The highest BCUT2D eigenvalue weighted by atomic mass is 32.2. The Labute approximate surface area is 130 Å². The van der Waals surface area contributed by atoms with Gasteiger partial charge in [-0.05, 0) is 31.9 Å². The number of unbranched alkanes of at least 4 members (excludes halogenated alkanes) is 1. The molecule has 0 unspecified atom stereocenters. The Morgan fingerprint density at radius 3 is 2.68 bits per heavy atom. The van der Waals surface area contributed by atoms with Crippen LogP contribution in [-0.4, -0.2) is 23.3 Å². The van der Waals surface area contributed by atoms with Gasteiger partial charge >= 0.3 is 0 Å². The van der Waals surface area contributed by atoms with Gasteiger partial charge in [-0.25, -0.2) is 9.13 Å². The van der Waals surface area contributed by atoms with E-state index in [-0.39, 0.29) is 5.75 Å². The Hall–Kier alpha value is -1.91. The number of fused-ring (bicyclic) bond motifs is 1. The van der Waals surface area contributed by atoms with Crippen molar-refractivity contribution in [2.45, 2.75) is 39.8 Å². The first kappa shape index (κ1) is 16.5. The van der Waals surface area contributed by atoms with Gasteiger partial charge in [-0.1, -0.05) is 0 Å². The van der Waals surface area contributed by atoms with E-state index < -0.39 is 10.1 Å². The second-order valence-electron chi connectivity index (χ2n) is 5.25. The highest BCUT2D eigenvalue weighted by Gasteiger charge is 2.20. The maximum absolute atomic E-state index is 10.8. The van der Waals surface area contributed by atoms with Crippen molar-refractivity contribution in [1.29, 1.82) is 5.26 Å². The van der Waals surface area contributed by atoms with E-state index in [9.17, 15) is 8.42 Å². The molecule has 1 N–H and O–H groups in total. The highest BCUT2D eigenvalue weighted by Crippen LogP contribution is 2.17.